The van der Waals surface area contributed by atoms with Gasteiger partial charge in [-0.1, -0.05) is 30.3 Å². The molecule has 3 aromatic rings. The van der Waals surface area contributed by atoms with Crippen LogP contribution in [0.4, 0.5) is 5.95 Å². The zero-order chi connectivity index (χ0) is 19.3. The molecule has 0 aliphatic carbocycles. The van der Waals surface area contributed by atoms with Gasteiger partial charge in [-0.2, -0.15) is 0 Å². The lowest BCUT2D eigenvalue weighted by atomic mass is 10.1. The standard InChI is InChI=1S/C21H21N5O2/c27-19(25-10-12-26(13-11-25)21-22-8-3-9-23-21)15-24-20(28)18-7-6-16-4-1-2-5-17(16)14-18/h1-9,14H,10-13,15H2,(H,24,28). The van der Waals surface area contributed by atoms with E-state index >= 15 is 0 Å². The van der Waals surface area contributed by atoms with Gasteiger partial charge >= 0.3 is 0 Å². The highest BCUT2D eigenvalue weighted by Gasteiger charge is 2.22. The molecule has 0 bridgehead atoms. The van der Waals surface area contributed by atoms with Crippen LogP contribution in [-0.4, -0.2) is 59.4 Å². The lowest BCUT2D eigenvalue weighted by Crippen LogP contribution is -2.51. The van der Waals surface area contributed by atoms with E-state index in [1.807, 2.05) is 36.4 Å². The van der Waals surface area contributed by atoms with E-state index < -0.39 is 0 Å². The molecule has 0 radical (unpaired) electrons. The third-order valence-electron chi connectivity index (χ3n) is 4.88. The Morgan fingerprint density at radius 2 is 1.61 bits per heavy atom. The van der Waals surface area contributed by atoms with Crippen molar-refractivity contribution < 1.29 is 9.59 Å². The SMILES string of the molecule is O=C(NCC(=O)N1CCN(c2ncccn2)CC1)c1ccc2ccccc2c1. The Bertz CT molecular complexity index is 984. The number of hydrogen-bond acceptors (Lipinski definition) is 5. The van der Waals surface area contributed by atoms with Gasteiger partial charge in [0.15, 0.2) is 0 Å². The Hall–Kier alpha value is -3.48. The van der Waals surface area contributed by atoms with Crippen molar-refractivity contribution in [1.82, 2.24) is 20.2 Å². The molecule has 1 fully saturated rings. The largest absolute Gasteiger partial charge is 0.343 e. The molecule has 1 N–H and O–H groups in total. The van der Waals surface area contributed by atoms with Crippen LogP contribution >= 0.6 is 0 Å². The second-order valence-corrected chi connectivity index (χ2v) is 6.66. The zero-order valence-corrected chi connectivity index (χ0v) is 15.4. The number of carbonyl (C=O) groups excluding carboxylic acids is 2. The average Bonchev–Trinajstić information content (AvgIpc) is 2.77. The number of carbonyl (C=O) groups is 2. The number of benzene rings is 2. The van der Waals surface area contributed by atoms with Gasteiger partial charge in [0.1, 0.15) is 0 Å². The normalized spacial score (nSPS) is 14.1. The van der Waals surface area contributed by atoms with Crippen LogP contribution in [0.3, 0.4) is 0 Å². The van der Waals surface area contributed by atoms with Gasteiger partial charge < -0.3 is 15.1 Å². The quantitative estimate of drug-likeness (QED) is 0.751. The molecule has 2 aromatic carbocycles. The van der Waals surface area contributed by atoms with Gasteiger partial charge in [0.25, 0.3) is 5.91 Å². The molecule has 1 aromatic heterocycles. The summed E-state index contributed by atoms with van der Waals surface area (Å²) in [5, 5.41) is 4.81. The fourth-order valence-electron chi connectivity index (χ4n) is 3.31. The van der Waals surface area contributed by atoms with Crippen molar-refractivity contribution in [2.45, 2.75) is 0 Å². The number of anilines is 1. The molecule has 0 atom stereocenters. The van der Waals surface area contributed by atoms with E-state index in [1.165, 1.54) is 0 Å². The van der Waals surface area contributed by atoms with Gasteiger partial charge in [-0.3, -0.25) is 9.59 Å². The Labute approximate surface area is 163 Å². The summed E-state index contributed by atoms with van der Waals surface area (Å²) in [5.41, 5.74) is 0.553. The fraction of sp³-hybridized carbons (Fsp3) is 0.238. The molecule has 0 unspecified atom stereocenters. The summed E-state index contributed by atoms with van der Waals surface area (Å²) in [6.07, 6.45) is 3.42. The Morgan fingerprint density at radius 3 is 2.36 bits per heavy atom. The molecule has 7 heteroatoms. The number of nitrogens with zero attached hydrogens (tertiary/aromatic N) is 4. The van der Waals surface area contributed by atoms with Gasteiger partial charge in [0.05, 0.1) is 6.54 Å². The minimum absolute atomic E-state index is 0.00645. The summed E-state index contributed by atoms with van der Waals surface area (Å²) in [6.45, 7) is 2.52. The maximum Gasteiger partial charge on any atom is 0.251 e. The van der Waals surface area contributed by atoms with E-state index in [9.17, 15) is 9.59 Å². The number of piperazine rings is 1. The third kappa shape index (κ3) is 3.93. The van der Waals surface area contributed by atoms with Gasteiger partial charge in [-0.05, 0) is 29.0 Å². The molecule has 2 heterocycles. The Kier molecular flexibility index (Phi) is 5.14. The second-order valence-electron chi connectivity index (χ2n) is 6.66. The summed E-state index contributed by atoms with van der Waals surface area (Å²) < 4.78 is 0. The highest BCUT2D eigenvalue weighted by Crippen LogP contribution is 2.15. The molecule has 2 amide bonds. The van der Waals surface area contributed by atoms with Crippen molar-refractivity contribution in [2.75, 3.05) is 37.6 Å². The fourth-order valence-corrected chi connectivity index (χ4v) is 3.31. The molecule has 1 saturated heterocycles. The van der Waals surface area contributed by atoms with E-state index in [0.717, 1.165) is 10.8 Å². The van der Waals surface area contributed by atoms with Crippen molar-refractivity contribution >= 4 is 28.5 Å². The predicted molar refractivity (Wildman–Crippen MR) is 107 cm³/mol. The van der Waals surface area contributed by atoms with Gasteiger partial charge in [0.2, 0.25) is 11.9 Å². The number of nitrogens with one attached hydrogen (secondary N) is 1. The van der Waals surface area contributed by atoms with Crippen LogP contribution in [0.15, 0.2) is 60.9 Å². The van der Waals surface area contributed by atoms with Gasteiger partial charge in [-0.25, -0.2) is 9.97 Å². The Morgan fingerprint density at radius 1 is 0.893 bits per heavy atom. The van der Waals surface area contributed by atoms with Crippen LogP contribution in [0.1, 0.15) is 10.4 Å². The first kappa shape index (κ1) is 17.9. The van der Waals surface area contributed by atoms with Crippen molar-refractivity contribution in [2.24, 2.45) is 0 Å². The lowest BCUT2D eigenvalue weighted by molar-refractivity contribution is -0.130. The minimum Gasteiger partial charge on any atom is -0.343 e. The minimum atomic E-state index is -0.240. The van der Waals surface area contributed by atoms with Crippen LogP contribution in [-0.2, 0) is 4.79 Å². The first-order valence-electron chi connectivity index (χ1n) is 9.27. The summed E-state index contributed by atoms with van der Waals surface area (Å²) >= 11 is 0. The zero-order valence-electron chi connectivity index (χ0n) is 15.4. The van der Waals surface area contributed by atoms with Crippen LogP contribution in [0.5, 0.6) is 0 Å². The maximum atomic E-state index is 12.5. The van der Waals surface area contributed by atoms with E-state index in [-0.39, 0.29) is 18.4 Å². The molecule has 4 rings (SSSR count). The van der Waals surface area contributed by atoms with E-state index in [2.05, 4.69) is 20.2 Å². The molecule has 0 saturated carbocycles. The molecule has 7 nitrogen and oxygen atoms in total. The van der Waals surface area contributed by atoms with Crippen molar-refractivity contribution in [3.05, 3.63) is 66.5 Å². The second kappa shape index (κ2) is 8.04. The molecule has 28 heavy (non-hydrogen) atoms. The summed E-state index contributed by atoms with van der Waals surface area (Å²) in [4.78, 5) is 37.2. The van der Waals surface area contributed by atoms with Crippen LogP contribution in [0.25, 0.3) is 10.8 Å². The molecule has 0 spiro atoms. The maximum absolute atomic E-state index is 12.5. The molecule has 142 valence electrons. The van der Waals surface area contributed by atoms with Gasteiger partial charge in [0, 0.05) is 44.1 Å². The number of rotatable bonds is 4. The summed E-state index contributed by atoms with van der Waals surface area (Å²) in [5.74, 6) is 0.359. The average molecular weight is 375 g/mol. The van der Waals surface area contributed by atoms with Crippen LogP contribution in [0.2, 0.25) is 0 Å². The lowest BCUT2D eigenvalue weighted by Gasteiger charge is -2.34. The number of hydrogen-bond donors (Lipinski definition) is 1. The molecular formula is C21H21N5O2. The molecule has 1 aliphatic heterocycles. The summed E-state index contributed by atoms with van der Waals surface area (Å²) in [7, 11) is 0. The Balaban J connectivity index is 1.30. The smallest absolute Gasteiger partial charge is 0.251 e. The first-order valence-corrected chi connectivity index (χ1v) is 9.27. The molecule has 1 aliphatic rings. The topological polar surface area (TPSA) is 78.4 Å². The number of fused-ring (bicyclic) bond motifs is 1. The monoisotopic (exact) mass is 375 g/mol. The molecular weight excluding hydrogens is 354 g/mol. The van der Waals surface area contributed by atoms with E-state index in [1.54, 1.807) is 29.4 Å². The first-order chi connectivity index (χ1) is 13.7. The van der Waals surface area contributed by atoms with Crippen molar-refractivity contribution in [3.8, 4) is 0 Å². The highest BCUT2D eigenvalue weighted by atomic mass is 16.2. The summed E-state index contributed by atoms with van der Waals surface area (Å²) in [6, 6.07) is 15.2. The number of aromatic nitrogens is 2. The van der Waals surface area contributed by atoms with Crippen LogP contribution < -0.4 is 10.2 Å². The van der Waals surface area contributed by atoms with Crippen molar-refractivity contribution in [3.63, 3.8) is 0 Å². The van der Waals surface area contributed by atoms with E-state index in [4.69, 9.17) is 0 Å². The van der Waals surface area contributed by atoms with Crippen molar-refractivity contribution in [1.29, 1.82) is 0 Å². The predicted octanol–water partition coefficient (Wildman–Crippen LogP) is 1.71. The van der Waals surface area contributed by atoms with Gasteiger partial charge in [-0.15, -0.1) is 0 Å². The highest BCUT2D eigenvalue weighted by molar-refractivity contribution is 6.00. The number of amides is 2. The van der Waals surface area contributed by atoms with E-state index in [0.29, 0.717) is 37.7 Å². The van der Waals surface area contributed by atoms with Crippen LogP contribution in [0, 0.1) is 0 Å². The third-order valence-corrected chi connectivity index (χ3v) is 4.88.